The molecular weight excluding hydrogens is 210 g/mol. The molecule has 2 atom stereocenters. The van der Waals surface area contributed by atoms with Crippen molar-refractivity contribution in [1.29, 1.82) is 5.26 Å². The third kappa shape index (κ3) is 1.78. The van der Waals surface area contributed by atoms with Crippen LogP contribution in [0.25, 0.3) is 0 Å². The van der Waals surface area contributed by atoms with Crippen molar-refractivity contribution in [1.82, 2.24) is 4.98 Å². The number of pyridine rings is 1. The van der Waals surface area contributed by atoms with Crippen LogP contribution in [-0.2, 0) is 0 Å². The van der Waals surface area contributed by atoms with Crippen LogP contribution in [0.2, 0.25) is 0 Å². The summed E-state index contributed by atoms with van der Waals surface area (Å²) in [6.07, 6.45) is 8.35. The van der Waals surface area contributed by atoms with Gasteiger partial charge in [-0.2, -0.15) is 5.26 Å². The summed E-state index contributed by atoms with van der Waals surface area (Å²) in [5.74, 6) is 0.843. The predicted molar refractivity (Wildman–Crippen MR) is 66.7 cm³/mol. The highest BCUT2D eigenvalue weighted by Gasteiger charge is 2.36. The quantitative estimate of drug-likeness (QED) is 0.740. The zero-order valence-corrected chi connectivity index (χ0v) is 9.97. The number of hydrogen-bond donors (Lipinski definition) is 0. The Bertz CT molecular complexity index is 449. The van der Waals surface area contributed by atoms with Crippen LogP contribution < -0.4 is 4.90 Å². The van der Waals surface area contributed by atoms with Gasteiger partial charge in [-0.1, -0.05) is 12.8 Å². The molecule has 0 amide bonds. The van der Waals surface area contributed by atoms with Crippen molar-refractivity contribution in [3.8, 4) is 6.07 Å². The lowest BCUT2D eigenvalue weighted by atomic mass is 9.85. The molecule has 2 unspecified atom stereocenters. The molecule has 3 heteroatoms. The van der Waals surface area contributed by atoms with Crippen LogP contribution in [0.3, 0.4) is 0 Å². The van der Waals surface area contributed by atoms with Crippen molar-refractivity contribution in [2.75, 3.05) is 11.4 Å². The number of rotatable bonds is 1. The number of fused-ring (bicyclic) bond motifs is 1. The molecular formula is C14H17N3. The molecule has 1 aromatic heterocycles. The van der Waals surface area contributed by atoms with Gasteiger partial charge in [-0.15, -0.1) is 0 Å². The van der Waals surface area contributed by atoms with Crippen molar-refractivity contribution in [3.63, 3.8) is 0 Å². The lowest BCUT2D eigenvalue weighted by Gasteiger charge is -2.33. The van der Waals surface area contributed by atoms with Gasteiger partial charge in [0.25, 0.3) is 0 Å². The van der Waals surface area contributed by atoms with E-state index in [9.17, 15) is 0 Å². The first-order valence-electron chi connectivity index (χ1n) is 6.52. The van der Waals surface area contributed by atoms with Crippen LogP contribution in [-0.4, -0.2) is 17.6 Å². The summed E-state index contributed by atoms with van der Waals surface area (Å²) in [7, 11) is 0. The van der Waals surface area contributed by atoms with Gasteiger partial charge in [0.15, 0.2) is 5.69 Å². The fourth-order valence-corrected chi connectivity index (χ4v) is 3.42. The molecule has 1 saturated heterocycles. The minimum atomic E-state index is 0.582. The molecule has 3 rings (SSSR count). The van der Waals surface area contributed by atoms with E-state index in [-0.39, 0.29) is 0 Å². The molecule has 0 spiro atoms. The highest BCUT2D eigenvalue weighted by Crippen LogP contribution is 2.39. The number of anilines is 1. The molecule has 2 heterocycles. The molecule has 3 nitrogen and oxygen atoms in total. The van der Waals surface area contributed by atoms with Crippen molar-refractivity contribution < 1.29 is 0 Å². The molecule has 1 aromatic rings. The third-order valence-corrected chi connectivity index (χ3v) is 4.21. The molecule has 17 heavy (non-hydrogen) atoms. The van der Waals surface area contributed by atoms with E-state index in [1.807, 2.05) is 12.1 Å². The summed E-state index contributed by atoms with van der Waals surface area (Å²) in [6, 6.07) is 6.85. The molecule has 1 aliphatic carbocycles. The molecule has 1 aliphatic heterocycles. The fraction of sp³-hybridized carbons (Fsp3) is 0.571. The van der Waals surface area contributed by atoms with Crippen LogP contribution in [0.4, 0.5) is 5.69 Å². The normalized spacial score (nSPS) is 27.6. The zero-order valence-electron chi connectivity index (χ0n) is 9.97. The molecule has 2 aliphatic rings. The first kappa shape index (κ1) is 10.6. The molecule has 88 valence electrons. The van der Waals surface area contributed by atoms with E-state index in [1.165, 1.54) is 32.1 Å². The number of aromatic nitrogens is 1. The lowest BCUT2D eigenvalue weighted by Crippen LogP contribution is -2.35. The topological polar surface area (TPSA) is 39.9 Å². The van der Waals surface area contributed by atoms with Gasteiger partial charge in [-0.25, -0.2) is 4.98 Å². The Labute approximate surface area is 102 Å². The van der Waals surface area contributed by atoms with Crippen molar-refractivity contribution in [2.45, 2.75) is 38.1 Å². The van der Waals surface area contributed by atoms with Gasteiger partial charge in [-0.05, 0) is 37.3 Å². The molecule has 1 saturated carbocycles. The smallest absolute Gasteiger partial charge is 0.163 e. The Morgan fingerprint density at radius 2 is 2.18 bits per heavy atom. The van der Waals surface area contributed by atoms with Crippen molar-refractivity contribution in [3.05, 3.63) is 24.0 Å². The second-order valence-electron chi connectivity index (χ2n) is 5.08. The monoisotopic (exact) mass is 227 g/mol. The molecule has 0 bridgehead atoms. The Morgan fingerprint density at radius 3 is 3.06 bits per heavy atom. The summed E-state index contributed by atoms with van der Waals surface area (Å²) in [5, 5.41) is 9.14. The number of hydrogen-bond acceptors (Lipinski definition) is 3. The van der Waals surface area contributed by atoms with Gasteiger partial charge in [0, 0.05) is 18.8 Å². The Balaban J connectivity index is 1.92. The summed E-state index contributed by atoms with van der Waals surface area (Å²) >= 11 is 0. The largest absolute Gasteiger partial charge is 0.366 e. The Hall–Kier alpha value is -1.56. The Morgan fingerprint density at radius 1 is 1.29 bits per heavy atom. The lowest BCUT2D eigenvalue weighted by molar-refractivity contribution is 0.342. The maximum atomic E-state index is 9.14. The van der Waals surface area contributed by atoms with Gasteiger partial charge in [0.05, 0.1) is 5.69 Å². The predicted octanol–water partition coefficient (Wildman–Crippen LogP) is 2.72. The average molecular weight is 227 g/mol. The van der Waals surface area contributed by atoms with Gasteiger partial charge in [0.2, 0.25) is 0 Å². The molecule has 0 aromatic carbocycles. The van der Waals surface area contributed by atoms with Crippen LogP contribution in [0.5, 0.6) is 0 Å². The van der Waals surface area contributed by atoms with Crippen molar-refractivity contribution >= 4 is 5.69 Å². The van der Waals surface area contributed by atoms with E-state index in [0.29, 0.717) is 11.7 Å². The van der Waals surface area contributed by atoms with E-state index in [1.54, 1.807) is 6.20 Å². The van der Waals surface area contributed by atoms with Crippen LogP contribution in [0.15, 0.2) is 18.3 Å². The maximum absolute atomic E-state index is 9.14. The minimum Gasteiger partial charge on any atom is -0.366 e. The summed E-state index contributed by atoms with van der Waals surface area (Å²) in [4.78, 5) is 6.60. The minimum absolute atomic E-state index is 0.582. The SMILES string of the molecule is N#Cc1ncccc1N1CCC2CCCCC21. The molecule has 0 radical (unpaired) electrons. The first-order valence-corrected chi connectivity index (χ1v) is 6.52. The van der Waals surface area contributed by atoms with Gasteiger partial charge >= 0.3 is 0 Å². The third-order valence-electron chi connectivity index (χ3n) is 4.21. The molecule has 2 fully saturated rings. The van der Waals surface area contributed by atoms with E-state index in [4.69, 9.17) is 5.26 Å². The highest BCUT2D eigenvalue weighted by atomic mass is 15.2. The number of nitriles is 1. The van der Waals surface area contributed by atoms with Crippen LogP contribution in [0, 0.1) is 17.2 Å². The Kier molecular flexibility index (Phi) is 2.72. The first-order chi connectivity index (χ1) is 8.40. The van der Waals surface area contributed by atoms with Gasteiger partial charge < -0.3 is 4.90 Å². The van der Waals surface area contributed by atoms with E-state index in [0.717, 1.165) is 18.2 Å². The second-order valence-corrected chi connectivity index (χ2v) is 5.08. The van der Waals surface area contributed by atoms with Gasteiger partial charge in [0.1, 0.15) is 6.07 Å². The van der Waals surface area contributed by atoms with Gasteiger partial charge in [-0.3, -0.25) is 0 Å². The van der Waals surface area contributed by atoms with Crippen molar-refractivity contribution in [2.24, 2.45) is 5.92 Å². The average Bonchev–Trinajstić information content (AvgIpc) is 2.82. The van der Waals surface area contributed by atoms with E-state index < -0.39 is 0 Å². The second kappa shape index (κ2) is 4.37. The fourth-order valence-electron chi connectivity index (χ4n) is 3.42. The summed E-state index contributed by atoms with van der Waals surface area (Å²) in [6.45, 7) is 1.09. The maximum Gasteiger partial charge on any atom is 0.163 e. The zero-order chi connectivity index (χ0) is 11.7. The summed E-state index contributed by atoms with van der Waals surface area (Å²) in [5.41, 5.74) is 1.63. The van der Waals surface area contributed by atoms with E-state index in [2.05, 4.69) is 16.0 Å². The van der Waals surface area contributed by atoms with Crippen LogP contribution >= 0.6 is 0 Å². The van der Waals surface area contributed by atoms with Crippen LogP contribution in [0.1, 0.15) is 37.8 Å². The molecule has 0 N–H and O–H groups in total. The highest BCUT2D eigenvalue weighted by molar-refractivity contribution is 5.57. The summed E-state index contributed by atoms with van der Waals surface area (Å²) < 4.78 is 0. The van der Waals surface area contributed by atoms with E-state index >= 15 is 0 Å². The standard InChI is InChI=1S/C14H17N3/c15-10-12-14(6-3-8-16-12)17-9-7-11-4-1-2-5-13(11)17/h3,6,8,11,13H,1-2,4-5,7,9H2. The number of nitrogens with zero attached hydrogens (tertiary/aromatic N) is 3.